The molecule has 5 nitrogen and oxygen atoms in total. The van der Waals surface area contributed by atoms with Crippen molar-refractivity contribution in [3.63, 3.8) is 0 Å². The van der Waals surface area contributed by atoms with Crippen LogP contribution >= 0.6 is 0 Å². The molecule has 1 saturated carbocycles. The lowest BCUT2D eigenvalue weighted by Crippen LogP contribution is -2.41. The van der Waals surface area contributed by atoms with E-state index < -0.39 is 5.41 Å². The molecule has 0 saturated heterocycles. The van der Waals surface area contributed by atoms with Gasteiger partial charge >= 0.3 is 0 Å². The lowest BCUT2D eigenvalue weighted by atomic mass is 10.0. The van der Waals surface area contributed by atoms with Crippen LogP contribution in [0.2, 0.25) is 0 Å². The third kappa shape index (κ3) is 3.65. The predicted octanol–water partition coefficient (Wildman–Crippen LogP) is 2.29. The van der Waals surface area contributed by atoms with E-state index in [1.165, 1.54) is 5.56 Å². The Morgan fingerprint density at radius 1 is 1.18 bits per heavy atom. The summed E-state index contributed by atoms with van der Waals surface area (Å²) in [6.45, 7) is 5.11. The average molecular weight is 304 g/mol. The molecule has 1 aliphatic rings. The second-order valence-corrected chi connectivity index (χ2v) is 6.06. The van der Waals surface area contributed by atoms with Crippen LogP contribution in [0.3, 0.4) is 0 Å². The van der Waals surface area contributed by atoms with Crippen molar-refractivity contribution in [3.8, 4) is 0 Å². The van der Waals surface area contributed by atoms with E-state index in [0.717, 1.165) is 5.69 Å². The molecule has 1 fully saturated rings. The van der Waals surface area contributed by atoms with Crippen LogP contribution in [-0.4, -0.2) is 32.1 Å². The number of carbonyl (C=O) groups excluding carboxylic acids is 2. The zero-order valence-corrected chi connectivity index (χ0v) is 13.4. The second kappa shape index (κ2) is 6.92. The molecule has 0 heterocycles. The molecule has 1 aromatic carbocycles. The average Bonchev–Trinajstić information content (AvgIpc) is 3.29. The number of amides is 2. The number of anilines is 1. The van der Waals surface area contributed by atoms with Crippen LogP contribution in [0.15, 0.2) is 24.3 Å². The van der Waals surface area contributed by atoms with Gasteiger partial charge in [-0.25, -0.2) is 0 Å². The highest BCUT2D eigenvalue weighted by molar-refractivity contribution is 6.13. The van der Waals surface area contributed by atoms with Crippen molar-refractivity contribution in [1.29, 1.82) is 0 Å². The summed E-state index contributed by atoms with van der Waals surface area (Å²) < 4.78 is 4.90. The van der Waals surface area contributed by atoms with Gasteiger partial charge in [-0.15, -0.1) is 0 Å². The van der Waals surface area contributed by atoms with E-state index >= 15 is 0 Å². The van der Waals surface area contributed by atoms with Crippen molar-refractivity contribution >= 4 is 17.5 Å². The highest BCUT2D eigenvalue weighted by Crippen LogP contribution is 2.46. The fraction of sp³-hybridized carbons (Fsp3) is 0.529. The summed E-state index contributed by atoms with van der Waals surface area (Å²) in [5.74, 6) is 0.0200. The molecule has 0 atom stereocenters. The molecule has 0 bridgehead atoms. The molecule has 1 aliphatic carbocycles. The monoisotopic (exact) mass is 304 g/mol. The summed E-state index contributed by atoms with van der Waals surface area (Å²) in [6, 6.07) is 7.76. The van der Waals surface area contributed by atoms with Gasteiger partial charge in [-0.05, 0) is 36.5 Å². The van der Waals surface area contributed by atoms with Gasteiger partial charge in [0.05, 0.1) is 6.61 Å². The highest BCUT2D eigenvalue weighted by Gasteiger charge is 2.56. The molecular weight excluding hydrogens is 280 g/mol. The lowest BCUT2D eigenvalue weighted by Gasteiger charge is -2.15. The minimum Gasteiger partial charge on any atom is -0.383 e. The first-order chi connectivity index (χ1) is 10.5. The summed E-state index contributed by atoms with van der Waals surface area (Å²) in [5.41, 5.74) is 1.05. The van der Waals surface area contributed by atoms with Crippen molar-refractivity contribution in [3.05, 3.63) is 29.8 Å². The maximum atomic E-state index is 12.4. The Balaban J connectivity index is 1.95. The quantitative estimate of drug-likeness (QED) is 0.600. The fourth-order valence-electron chi connectivity index (χ4n) is 2.32. The van der Waals surface area contributed by atoms with E-state index in [9.17, 15) is 9.59 Å². The van der Waals surface area contributed by atoms with E-state index in [4.69, 9.17) is 4.74 Å². The van der Waals surface area contributed by atoms with E-state index in [1.54, 1.807) is 7.11 Å². The van der Waals surface area contributed by atoms with E-state index in [1.807, 2.05) is 24.3 Å². The molecule has 0 radical (unpaired) electrons. The van der Waals surface area contributed by atoms with Gasteiger partial charge < -0.3 is 15.4 Å². The zero-order valence-electron chi connectivity index (χ0n) is 13.4. The number of hydrogen-bond donors (Lipinski definition) is 2. The second-order valence-electron chi connectivity index (χ2n) is 6.06. The first-order valence-electron chi connectivity index (χ1n) is 7.68. The van der Waals surface area contributed by atoms with E-state index in [-0.39, 0.29) is 11.8 Å². The smallest absolute Gasteiger partial charge is 0.240 e. The Hall–Kier alpha value is -1.88. The van der Waals surface area contributed by atoms with Gasteiger partial charge in [0.2, 0.25) is 11.8 Å². The third-order valence-electron chi connectivity index (χ3n) is 4.05. The van der Waals surface area contributed by atoms with Crippen molar-refractivity contribution in [2.45, 2.75) is 32.6 Å². The molecule has 120 valence electrons. The van der Waals surface area contributed by atoms with Gasteiger partial charge in [0, 0.05) is 19.3 Å². The molecule has 5 heteroatoms. The van der Waals surface area contributed by atoms with E-state index in [2.05, 4.69) is 24.5 Å². The molecule has 0 aromatic heterocycles. The molecular formula is C17H24N2O3. The Kier molecular flexibility index (Phi) is 5.19. The van der Waals surface area contributed by atoms with Crippen molar-refractivity contribution < 1.29 is 14.3 Å². The number of nitrogens with one attached hydrogen (secondary N) is 2. The minimum atomic E-state index is -0.898. The molecule has 2 N–H and O–H groups in total. The maximum absolute atomic E-state index is 12.4. The van der Waals surface area contributed by atoms with Crippen LogP contribution in [0.25, 0.3) is 0 Å². The third-order valence-corrected chi connectivity index (χ3v) is 4.05. The molecule has 2 amide bonds. The number of carbonyl (C=O) groups is 2. The Morgan fingerprint density at radius 3 is 2.32 bits per heavy atom. The van der Waals surface area contributed by atoms with Crippen LogP contribution in [0.1, 0.15) is 38.2 Å². The van der Waals surface area contributed by atoms with Gasteiger partial charge in [-0.1, -0.05) is 26.0 Å². The van der Waals surface area contributed by atoms with E-state index in [0.29, 0.717) is 31.9 Å². The largest absolute Gasteiger partial charge is 0.383 e. The number of rotatable bonds is 7. The summed E-state index contributed by atoms with van der Waals surface area (Å²) in [5, 5.41) is 5.60. The Labute approximate surface area is 131 Å². The van der Waals surface area contributed by atoms with Crippen molar-refractivity contribution in [2.24, 2.45) is 5.41 Å². The molecule has 0 spiro atoms. The summed E-state index contributed by atoms with van der Waals surface area (Å²) >= 11 is 0. The summed E-state index contributed by atoms with van der Waals surface area (Å²) in [7, 11) is 1.58. The predicted molar refractivity (Wildman–Crippen MR) is 85.7 cm³/mol. The van der Waals surface area contributed by atoms with Crippen LogP contribution in [0.4, 0.5) is 5.69 Å². The molecule has 22 heavy (non-hydrogen) atoms. The first-order valence-corrected chi connectivity index (χ1v) is 7.68. The zero-order chi connectivity index (χ0) is 16.2. The normalized spacial score (nSPS) is 15.5. The Bertz CT molecular complexity index is 533. The molecule has 0 unspecified atom stereocenters. The van der Waals surface area contributed by atoms with Crippen molar-refractivity contribution in [2.75, 3.05) is 25.6 Å². The van der Waals surface area contributed by atoms with Crippen LogP contribution in [-0.2, 0) is 14.3 Å². The summed E-state index contributed by atoms with van der Waals surface area (Å²) in [6.07, 6.45) is 1.20. The van der Waals surface area contributed by atoms with Crippen molar-refractivity contribution in [1.82, 2.24) is 5.32 Å². The van der Waals surface area contributed by atoms with Gasteiger partial charge in [-0.3, -0.25) is 9.59 Å². The van der Waals surface area contributed by atoms with Gasteiger partial charge in [-0.2, -0.15) is 0 Å². The fourth-order valence-corrected chi connectivity index (χ4v) is 2.32. The SMILES string of the molecule is COCCNC(=O)C1(C(=O)Nc2ccc(C(C)C)cc2)CC1. The van der Waals surface area contributed by atoms with Gasteiger partial charge in [0.15, 0.2) is 0 Å². The van der Waals surface area contributed by atoms with Gasteiger partial charge in [0.1, 0.15) is 5.41 Å². The molecule has 0 aliphatic heterocycles. The standard InChI is InChI=1S/C17H24N2O3/c1-12(2)13-4-6-14(7-5-13)19-16(21)17(8-9-17)15(20)18-10-11-22-3/h4-7,12H,8-11H2,1-3H3,(H,18,20)(H,19,21). The summed E-state index contributed by atoms with van der Waals surface area (Å²) in [4.78, 5) is 24.5. The number of hydrogen-bond acceptors (Lipinski definition) is 3. The number of ether oxygens (including phenoxy) is 1. The minimum absolute atomic E-state index is 0.208. The van der Waals surface area contributed by atoms with Crippen LogP contribution in [0, 0.1) is 5.41 Å². The number of benzene rings is 1. The maximum Gasteiger partial charge on any atom is 0.240 e. The Morgan fingerprint density at radius 2 is 1.82 bits per heavy atom. The molecule has 2 rings (SSSR count). The number of methoxy groups -OCH3 is 1. The topological polar surface area (TPSA) is 67.4 Å². The van der Waals surface area contributed by atoms with Crippen LogP contribution < -0.4 is 10.6 Å². The highest BCUT2D eigenvalue weighted by atomic mass is 16.5. The molecule has 1 aromatic rings. The lowest BCUT2D eigenvalue weighted by molar-refractivity contribution is -0.134. The van der Waals surface area contributed by atoms with Gasteiger partial charge in [0.25, 0.3) is 0 Å². The first kappa shape index (κ1) is 16.5. The van der Waals surface area contributed by atoms with Crippen LogP contribution in [0.5, 0.6) is 0 Å².